The second kappa shape index (κ2) is 11.1. The summed E-state index contributed by atoms with van der Waals surface area (Å²) < 4.78 is 95.8. The van der Waals surface area contributed by atoms with Crippen molar-refractivity contribution in [1.82, 2.24) is 9.88 Å². The Morgan fingerprint density at radius 3 is 2.16 bits per heavy atom. The lowest BCUT2D eigenvalue weighted by atomic mass is 9.94. The van der Waals surface area contributed by atoms with Gasteiger partial charge in [-0.2, -0.15) is 21.6 Å². The number of sulfone groups is 1. The number of fused-ring (bicyclic) bond motifs is 1. The molecule has 0 saturated carbocycles. The first-order valence-corrected chi connectivity index (χ1v) is 16.0. The van der Waals surface area contributed by atoms with Gasteiger partial charge in [0.05, 0.1) is 17.9 Å². The molecule has 3 heterocycles. The lowest BCUT2D eigenvalue weighted by molar-refractivity contribution is -0.160. The third-order valence-electron chi connectivity index (χ3n) is 7.44. The molecule has 2 aliphatic rings. The van der Waals surface area contributed by atoms with Crippen LogP contribution in [0.5, 0.6) is 0 Å². The molecule has 10 nitrogen and oxygen atoms in total. The predicted molar refractivity (Wildman–Crippen MR) is 150 cm³/mol. The van der Waals surface area contributed by atoms with Crippen molar-refractivity contribution in [3.05, 3.63) is 107 Å². The summed E-state index contributed by atoms with van der Waals surface area (Å²) in [5.74, 6) is -1.69. The molecule has 0 N–H and O–H groups in total. The van der Waals surface area contributed by atoms with Crippen LogP contribution in [-0.4, -0.2) is 60.3 Å². The summed E-state index contributed by atoms with van der Waals surface area (Å²) >= 11 is 0. The third kappa shape index (κ3) is 5.39. The molecule has 0 radical (unpaired) electrons. The number of hydrogen-bond donors (Lipinski definition) is 0. The lowest BCUT2D eigenvalue weighted by Crippen LogP contribution is -2.59. The second-order valence-electron chi connectivity index (χ2n) is 10.6. The topological polar surface area (TPSA) is 137 Å². The number of esters is 1. The zero-order chi connectivity index (χ0) is 32.1. The summed E-state index contributed by atoms with van der Waals surface area (Å²) in [7, 11) is -10.1. The third-order valence-corrected chi connectivity index (χ3v) is 11.2. The number of alkyl halides is 3. The van der Waals surface area contributed by atoms with Crippen molar-refractivity contribution in [2.75, 3.05) is 0 Å². The molecule has 2 atom stereocenters. The number of β-lactam (4-membered cyclic amide) rings is 1. The van der Waals surface area contributed by atoms with E-state index in [0.717, 1.165) is 23.2 Å². The summed E-state index contributed by atoms with van der Waals surface area (Å²) in [5.41, 5.74) is -4.63. The Balaban J connectivity index is 1.42. The van der Waals surface area contributed by atoms with E-state index in [1.165, 1.54) is 19.9 Å². The van der Waals surface area contributed by atoms with E-state index in [0.29, 0.717) is 11.1 Å². The van der Waals surface area contributed by atoms with Crippen molar-refractivity contribution >= 4 is 37.9 Å². The van der Waals surface area contributed by atoms with E-state index >= 15 is 0 Å². The average molecular weight is 651 g/mol. The average Bonchev–Trinajstić information content (AvgIpc) is 3.12. The maximum Gasteiger partial charge on any atom is 0.523 e. The smallest absolute Gasteiger partial charge is 0.451 e. The number of carbonyl (C=O) groups is 2. The minimum atomic E-state index is -5.85. The number of hydrogen-bond acceptors (Lipinski definition) is 9. The molecular formula is C29H25F3N2O8S2. The Bertz CT molecular complexity index is 1810. The van der Waals surface area contributed by atoms with E-state index in [-0.39, 0.29) is 16.8 Å². The molecule has 1 amide bonds. The van der Waals surface area contributed by atoms with Gasteiger partial charge >= 0.3 is 21.6 Å². The van der Waals surface area contributed by atoms with Crippen LogP contribution >= 0.6 is 0 Å². The molecule has 232 valence electrons. The normalized spacial score (nSPS) is 21.6. The van der Waals surface area contributed by atoms with Crippen molar-refractivity contribution in [3.63, 3.8) is 0 Å². The number of carbonyl (C=O) groups excluding carboxylic acids is 2. The fourth-order valence-corrected chi connectivity index (χ4v) is 7.66. The Morgan fingerprint density at radius 2 is 1.61 bits per heavy atom. The van der Waals surface area contributed by atoms with E-state index in [1.807, 2.05) is 0 Å². The summed E-state index contributed by atoms with van der Waals surface area (Å²) in [6.45, 7) is 1.68. The first-order valence-electron chi connectivity index (χ1n) is 13.0. The van der Waals surface area contributed by atoms with Crippen molar-refractivity contribution in [2.45, 2.75) is 48.2 Å². The number of aromatic nitrogens is 1. The molecule has 0 unspecified atom stereocenters. The first kappa shape index (κ1) is 31.3. The summed E-state index contributed by atoms with van der Waals surface area (Å²) in [5, 5.41) is -1.51. The van der Waals surface area contributed by atoms with Crippen molar-refractivity contribution < 1.29 is 48.5 Å². The number of nitrogens with zero attached hydrogens (tertiary/aromatic N) is 2. The molecule has 0 spiro atoms. The minimum absolute atomic E-state index is 0.0350. The van der Waals surface area contributed by atoms with E-state index in [4.69, 9.17) is 4.74 Å². The van der Waals surface area contributed by atoms with Crippen LogP contribution in [0.25, 0.3) is 6.08 Å². The number of halogens is 3. The van der Waals surface area contributed by atoms with E-state index in [1.54, 1.807) is 60.7 Å². The largest absolute Gasteiger partial charge is 0.523 e. The lowest BCUT2D eigenvalue weighted by Gasteiger charge is -2.38. The molecule has 0 aliphatic carbocycles. The van der Waals surface area contributed by atoms with Gasteiger partial charge in [-0.3, -0.25) is 14.0 Å². The van der Waals surface area contributed by atoms with Gasteiger partial charge in [0.15, 0.2) is 27.4 Å². The van der Waals surface area contributed by atoms with E-state index in [9.17, 15) is 39.6 Å². The fourth-order valence-electron chi connectivity index (χ4n) is 5.12. The van der Waals surface area contributed by atoms with Crippen LogP contribution in [0.2, 0.25) is 0 Å². The monoisotopic (exact) mass is 650 g/mol. The predicted octanol–water partition coefficient (Wildman–Crippen LogP) is 3.91. The standard InChI is InChI=1S/C29H25F3N2O8S2/c1-28(2)24(27(36)42-23(19-9-5-3-6-10-19)20-11-7-4-8-12-20)34-25(35)22(26(34)43(28,37)38)16-21-15-18(13-14-33-21)17-41-44(39,40)29(30,31)32/h3-16,23-24,26H,17H2,1-2H3/b22-16-/t24-,26+/m0/s1. The molecular weight excluding hydrogens is 625 g/mol. The number of rotatable bonds is 8. The van der Waals surface area contributed by atoms with Crippen molar-refractivity contribution in [3.8, 4) is 0 Å². The Kier molecular flexibility index (Phi) is 7.93. The van der Waals surface area contributed by atoms with Crippen LogP contribution in [-0.2, 0) is 45.1 Å². The van der Waals surface area contributed by atoms with Crippen molar-refractivity contribution in [2.24, 2.45) is 0 Å². The molecule has 2 aromatic carbocycles. The van der Waals surface area contributed by atoms with Gasteiger partial charge in [-0.05, 0) is 48.7 Å². The molecule has 1 aromatic heterocycles. The fraction of sp³-hybridized carbons (Fsp3) is 0.276. The van der Waals surface area contributed by atoms with Crippen LogP contribution in [0.1, 0.15) is 42.3 Å². The van der Waals surface area contributed by atoms with Gasteiger partial charge in [0.1, 0.15) is 4.75 Å². The molecule has 2 saturated heterocycles. The maximum absolute atomic E-state index is 13.7. The Morgan fingerprint density at radius 1 is 1.05 bits per heavy atom. The number of benzene rings is 2. The highest BCUT2D eigenvalue weighted by Crippen LogP contribution is 2.49. The molecule has 3 aromatic rings. The molecule has 2 fully saturated rings. The number of amides is 1. The van der Waals surface area contributed by atoms with Gasteiger partial charge in [-0.15, -0.1) is 0 Å². The van der Waals surface area contributed by atoms with Crippen LogP contribution in [0.4, 0.5) is 13.2 Å². The number of pyridine rings is 1. The molecule has 5 rings (SSSR count). The zero-order valence-corrected chi connectivity index (χ0v) is 24.8. The highest BCUT2D eigenvalue weighted by Gasteiger charge is 2.70. The van der Waals surface area contributed by atoms with Gasteiger partial charge in [0, 0.05) is 6.20 Å². The highest BCUT2D eigenvalue weighted by molar-refractivity contribution is 7.94. The van der Waals surface area contributed by atoms with Gasteiger partial charge in [-0.1, -0.05) is 60.7 Å². The van der Waals surface area contributed by atoms with Gasteiger partial charge < -0.3 is 9.64 Å². The summed E-state index contributed by atoms with van der Waals surface area (Å²) in [6, 6.07) is 18.5. The van der Waals surface area contributed by atoms with E-state index in [2.05, 4.69) is 9.17 Å². The maximum atomic E-state index is 13.7. The first-order chi connectivity index (χ1) is 20.6. The van der Waals surface area contributed by atoms with Gasteiger partial charge in [0.25, 0.3) is 5.91 Å². The molecule has 2 aliphatic heterocycles. The Hall–Kier alpha value is -4.08. The number of ether oxygens (including phenoxy) is 1. The SMILES string of the molecule is CC1(C)[C@H](C(=O)OC(c2ccccc2)c2ccccc2)N2C(=O)/C(=C/c3cc(COS(=O)(=O)C(F)(F)F)ccn3)[C@H]2S1(=O)=O. The molecule has 0 bridgehead atoms. The second-order valence-corrected chi connectivity index (χ2v) is 14.8. The van der Waals surface area contributed by atoms with Gasteiger partial charge in [-0.25, -0.2) is 13.2 Å². The quantitative estimate of drug-likeness (QED) is 0.117. The van der Waals surface area contributed by atoms with Crippen LogP contribution in [0.15, 0.2) is 84.6 Å². The summed E-state index contributed by atoms with van der Waals surface area (Å²) in [6.07, 6.45) is 1.37. The molecule has 44 heavy (non-hydrogen) atoms. The van der Waals surface area contributed by atoms with Gasteiger partial charge in [0.2, 0.25) is 0 Å². The highest BCUT2D eigenvalue weighted by atomic mass is 32.2. The summed E-state index contributed by atoms with van der Waals surface area (Å²) in [4.78, 5) is 32.0. The van der Waals surface area contributed by atoms with Crippen LogP contribution < -0.4 is 0 Å². The minimum Gasteiger partial charge on any atom is -0.451 e. The zero-order valence-electron chi connectivity index (χ0n) is 23.1. The molecule has 15 heteroatoms. The van der Waals surface area contributed by atoms with Crippen molar-refractivity contribution in [1.29, 1.82) is 0 Å². The van der Waals surface area contributed by atoms with E-state index < -0.39 is 66.2 Å². The van der Waals surface area contributed by atoms with Crippen LogP contribution in [0, 0.1) is 0 Å². The Labute approximate surface area is 251 Å². The van der Waals surface area contributed by atoms with Crippen LogP contribution in [0.3, 0.4) is 0 Å².